The summed E-state index contributed by atoms with van der Waals surface area (Å²) >= 11 is 0. The zero-order valence-electron chi connectivity index (χ0n) is 7.47. The fourth-order valence-corrected chi connectivity index (χ4v) is 1.64. The van der Waals surface area contributed by atoms with Crippen molar-refractivity contribution in [2.45, 2.75) is 6.29 Å². The first kappa shape index (κ1) is 9.87. The van der Waals surface area contributed by atoms with E-state index in [4.69, 9.17) is 18.9 Å². The van der Waals surface area contributed by atoms with E-state index in [-0.39, 0.29) is 6.29 Å². The number of benzene rings is 1. The monoisotopic (exact) mass is 214 g/mol. The smallest absolute Gasteiger partial charge is 0.212 e. The lowest BCUT2D eigenvalue weighted by Gasteiger charge is -2.13. The summed E-state index contributed by atoms with van der Waals surface area (Å²) in [6.07, 6.45) is -0.359. The molecule has 76 valence electrons. The summed E-state index contributed by atoms with van der Waals surface area (Å²) in [4.78, 5) is 8.71. The topological polar surface area (TPSA) is 47.9 Å². The van der Waals surface area contributed by atoms with E-state index in [1.54, 1.807) is 6.07 Å². The molecule has 0 bridgehead atoms. The lowest BCUT2D eigenvalue weighted by molar-refractivity contribution is -0.0449. The van der Waals surface area contributed by atoms with E-state index in [1.807, 2.05) is 18.2 Å². The van der Waals surface area contributed by atoms with Crippen LogP contribution in [0.4, 0.5) is 0 Å². The van der Waals surface area contributed by atoms with Gasteiger partial charge in [-0.05, 0) is 6.07 Å². The molecule has 1 aliphatic rings. The van der Waals surface area contributed by atoms with Crippen molar-refractivity contribution in [2.75, 3.05) is 13.2 Å². The van der Waals surface area contributed by atoms with Gasteiger partial charge < -0.3 is 18.9 Å². The average Bonchev–Trinajstić information content (AvgIpc) is 2.72. The number of ether oxygens (including phenoxy) is 2. The Balaban J connectivity index is 2.21. The quantitative estimate of drug-likeness (QED) is 0.776. The van der Waals surface area contributed by atoms with Crippen LogP contribution in [0.15, 0.2) is 24.3 Å². The maximum absolute atomic E-state index is 8.71. The Kier molecular flexibility index (Phi) is 3.32. The van der Waals surface area contributed by atoms with E-state index in [0.29, 0.717) is 19.0 Å². The summed E-state index contributed by atoms with van der Waals surface area (Å²) in [5.74, 6) is 0.611. The Morgan fingerprint density at radius 2 is 2.00 bits per heavy atom. The molecule has 1 aliphatic heterocycles. The van der Waals surface area contributed by atoms with Crippen LogP contribution in [0.2, 0.25) is 0 Å². The van der Waals surface area contributed by atoms with Gasteiger partial charge in [-0.2, -0.15) is 0 Å². The Hall–Kier alpha value is -0.670. The van der Waals surface area contributed by atoms with E-state index < -0.39 is 9.03 Å². The van der Waals surface area contributed by atoms with E-state index in [9.17, 15) is 0 Å². The summed E-state index contributed by atoms with van der Waals surface area (Å²) in [6.45, 7) is 1.20. The molecule has 0 radical (unpaired) electrons. The third-order valence-corrected chi connectivity index (χ3v) is 2.26. The molecule has 1 aromatic rings. The molecule has 1 aromatic carbocycles. The van der Waals surface area contributed by atoms with Gasteiger partial charge in [0, 0.05) is 0 Å². The van der Waals surface area contributed by atoms with Crippen LogP contribution in [0.3, 0.4) is 0 Å². The maximum Gasteiger partial charge on any atom is 0.212 e. The van der Waals surface area contributed by atoms with Gasteiger partial charge in [-0.25, -0.2) is 0 Å². The van der Waals surface area contributed by atoms with E-state index in [0.717, 1.165) is 5.56 Å². The van der Waals surface area contributed by atoms with Crippen molar-refractivity contribution >= 4 is 9.03 Å². The lowest BCUT2D eigenvalue weighted by Crippen LogP contribution is -1.99. The molecule has 0 spiro atoms. The minimum Gasteiger partial charge on any atom is -0.449 e. The second-order valence-corrected chi connectivity index (χ2v) is 3.19. The molecule has 1 heterocycles. The molecule has 1 N–H and O–H groups in total. The molecular weight excluding hydrogens is 203 g/mol. The van der Waals surface area contributed by atoms with Crippen LogP contribution >= 0.6 is 9.03 Å². The highest BCUT2D eigenvalue weighted by atomic mass is 31.1. The van der Waals surface area contributed by atoms with Gasteiger partial charge in [-0.1, -0.05) is 18.2 Å². The molecule has 0 saturated carbocycles. The third-order valence-electron chi connectivity index (χ3n) is 1.95. The maximum atomic E-state index is 8.71. The summed E-state index contributed by atoms with van der Waals surface area (Å²) in [6, 6.07) is 7.37. The van der Waals surface area contributed by atoms with Crippen LogP contribution < -0.4 is 4.52 Å². The molecule has 5 heteroatoms. The zero-order valence-corrected chi connectivity index (χ0v) is 8.47. The first-order valence-corrected chi connectivity index (χ1v) is 5.15. The summed E-state index contributed by atoms with van der Waals surface area (Å²) < 4.78 is 15.8. The largest absolute Gasteiger partial charge is 0.449 e. The number of hydrogen-bond donors (Lipinski definition) is 1. The Morgan fingerprint density at radius 3 is 2.71 bits per heavy atom. The van der Waals surface area contributed by atoms with Gasteiger partial charge in [-0.3, -0.25) is 0 Å². The lowest BCUT2D eigenvalue weighted by atomic mass is 10.2. The van der Waals surface area contributed by atoms with Gasteiger partial charge in [0.25, 0.3) is 0 Å². The van der Waals surface area contributed by atoms with Crippen molar-refractivity contribution in [1.82, 2.24) is 0 Å². The molecule has 0 aliphatic carbocycles. The second kappa shape index (κ2) is 4.71. The molecule has 0 amide bonds. The van der Waals surface area contributed by atoms with Gasteiger partial charge in [0.1, 0.15) is 5.75 Å². The molecule has 1 saturated heterocycles. The molecule has 1 fully saturated rings. The number of rotatable bonds is 3. The van der Waals surface area contributed by atoms with Crippen LogP contribution in [0.5, 0.6) is 5.75 Å². The average molecular weight is 214 g/mol. The minimum atomic E-state index is -0.564. The molecule has 1 unspecified atom stereocenters. The van der Waals surface area contributed by atoms with Crippen molar-refractivity contribution in [3.05, 3.63) is 29.8 Å². The number of hydrogen-bond acceptors (Lipinski definition) is 4. The molecule has 1 atom stereocenters. The van der Waals surface area contributed by atoms with Crippen LogP contribution in [-0.4, -0.2) is 18.1 Å². The summed E-state index contributed by atoms with van der Waals surface area (Å²) in [5, 5.41) is 0. The molecular formula is C9H11O4P. The van der Waals surface area contributed by atoms with Crippen molar-refractivity contribution in [3.63, 3.8) is 0 Å². The predicted octanol–water partition coefficient (Wildman–Crippen LogP) is 1.61. The van der Waals surface area contributed by atoms with Gasteiger partial charge in [0.05, 0.1) is 18.8 Å². The first-order chi connectivity index (χ1) is 6.92. The first-order valence-electron chi connectivity index (χ1n) is 4.30. The predicted molar refractivity (Wildman–Crippen MR) is 52.2 cm³/mol. The third kappa shape index (κ3) is 2.04. The second-order valence-electron chi connectivity index (χ2n) is 2.80. The zero-order chi connectivity index (χ0) is 9.80. The Labute approximate surface area is 83.7 Å². The summed E-state index contributed by atoms with van der Waals surface area (Å²) in [7, 11) is -0.564. The Morgan fingerprint density at radius 1 is 1.29 bits per heavy atom. The molecule has 14 heavy (non-hydrogen) atoms. The molecule has 0 aromatic heterocycles. The van der Waals surface area contributed by atoms with Crippen LogP contribution in [0.25, 0.3) is 0 Å². The fourth-order valence-electron chi connectivity index (χ4n) is 1.36. The summed E-state index contributed by atoms with van der Waals surface area (Å²) in [5.41, 5.74) is 0.826. The van der Waals surface area contributed by atoms with Gasteiger partial charge in [0.2, 0.25) is 9.03 Å². The van der Waals surface area contributed by atoms with Gasteiger partial charge >= 0.3 is 0 Å². The van der Waals surface area contributed by atoms with E-state index in [2.05, 4.69) is 0 Å². The van der Waals surface area contributed by atoms with Crippen molar-refractivity contribution in [2.24, 2.45) is 0 Å². The van der Waals surface area contributed by atoms with E-state index >= 15 is 0 Å². The minimum absolute atomic E-state index is 0.359. The standard InChI is InChI=1S/C9H11O4P/c10-14-13-8-4-2-1-3-7(8)9-11-5-6-12-9/h1-4,9-10,14H,5-6H2. The normalized spacial score (nSPS) is 18.1. The van der Waals surface area contributed by atoms with Crippen LogP contribution in [-0.2, 0) is 9.47 Å². The van der Waals surface area contributed by atoms with Crippen molar-refractivity contribution in [3.8, 4) is 5.75 Å². The van der Waals surface area contributed by atoms with E-state index in [1.165, 1.54) is 0 Å². The van der Waals surface area contributed by atoms with Crippen LogP contribution in [0, 0.1) is 0 Å². The van der Waals surface area contributed by atoms with Crippen molar-refractivity contribution in [1.29, 1.82) is 0 Å². The molecule has 2 rings (SSSR count). The number of para-hydroxylation sites is 1. The SMILES string of the molecule is OPOc1ccccc1C1OCCO1. The van der Waals surface area contributed by atoms with Gasteiger partial charge in [0.15, 0.2) is 6.29 Å². The Bertz CT molecular complexity index is 299. The van der Waals surface area contributed by atoms with Crippen molar-refractivity contribution < 1.29 is 18.9 Å². The fraction of sp³-hybridized carbons (Fsp3) is 0.333. The van der Waals surface area contributed by atoms with Gasteiger partial charge in [-0.15, -0.1) is 0 Å². The highest BCUT2D eigenvalue weighted by Crippen LogP contribution is 2.32. The van der Waals surface area contributed by atoms with Crippen LogP contribution in [0.1, 0.15) is 11.9 Å². The highest BCUT2D eigenvalue weighted by molar-refractivity contribution is 7.25. The molecule has 4 nitrogen and oxygen atoms in total. The highest BCUT2D eigenvalue weighted by Gasteiger charge is 2.21.